The maximum Gasteiger partial charge on any atom is 0.0646 e. The van der Waals surface area contributed by atoms with E-state index in [0.717, 1.165) is 13.1 Å². The fraction of sp³-hybridized carbons (Fsp3) is 0.250. The second kappa shape index (κ2) is 3.77. The van der Waals surface area contributed by atoms with Crippen molar-refractivity contribution in [1.82, 2.24) is 0 Å². The average molecular weight is 236 g/mol. The highest BCUT2D eigenvalue weighted by molar-refractivity contribution is 5.82. The SMILES string of the molecule is c1cc2c3c(c1)CNc1ccccc1N3CCC2. The molecule has 2 heteroatoms. The second-order valence-corrected chi connectivity index (χ2v) is 5.05. The van der Waals surface area contributed by atoms with Gasteiger partial charge in [0.15, 0.2) is 0 Å². The van der Waals surface area contributed by atoms with E-state index >= 15 is 0 Å². The molecule has 18 heavy (non-hydrogen) atoms. The molecule has 0 spiro atoms. The van der Waals surface area contributed by atoms with Crippen LogP contribution in [0.4, 0.5) is 17.1 Å². The highest BCUT2D eigenvalue weighted by atomic mass is 15.2. The Labute approximate surface area is 107 Å². The standard InChI is InChI=1S/C16H16N2/c1-2-9-15-14(8-1)17-11-13-6-3-5-12-7-4-10-18(15)16(12)13/h1-3,5-6,8-9,17H,4,7,10-11H2. The number of para-hydroxylation sites is 3. The van der Waals surface area contributed by atoms with E-state index in [1.165, 1.54) is 41.0 Å². The molecule has 0 atom stereocenters. The lowest BCUT2D eigenvalue weighted by Gasteiger charge is -2.32. The van der Waals surface area contributed by atoms with Gasteiger partial charge in [-0.3, -0.25) is 0 Å². The third-order valence-corrected chi connectivity index (χ3v) is 3.97. The highest BCUT2D eigenvalue weighted by Crippen LogP contribution is 2.41. The van der Waals surface area contributed by atoms with Crippen LogP contribution in [0.25, 0.3) is 0 Å². The van der Waals surface area contributed by atoms with Crippen LogP contribution < -0.4 is 10.2 Å². The van der Waals surface area contributed by atoms with Crippen LogP contribution in [-0.2, 0) is 13.0 Å². The molecule has 0 aromatic heterocycles. The van der Waals surface area contributed by atoms with Gasteiger partial charge in [-0.25, -0.2) is 0 Å². The summed E-state index contributed by atoms with van der Waals surface area (Å²) in [7, 11) is 0. The van der Waals surface area contributed by atoms with Crippen LogP contribution in [0.15, 0.2) is 42.5 Å². The molecule has 2 nitrogen and oxygen atoms in total. The number of hydrogen-bond donors (Lipinski definition) is 1. The van der Waals surface area contributed by atoms with Crippen molar-refractivity contribution < 1.29 is 0 Å². The third kappa shape index (κ3) is 1.35. The van der Waals surface area contributed by atoms with Gasteiger partial charge in [0, 0.05) is 18.8 Å². The number of hydrogen-bond acceptors (Lipinski definition) is 2. The lowest BCUT2D eigenvalue weighted by molar-refractivity contribution is 0.765. The maximum atomic E-state index is 3.56. The Balaban J connectivity index is 1.98. The van der Waals surface area contributed by atoms with Crippen LogP contribution >= 0.6 is 0 Å². The Morgan fingerprint density at radius 1 is 0.944 bits per heavy atom. The van der Waals surface area contributed by atoms with Crippen molar-refractivity contribution in [2.45, 2.75) is 19.4 Å². The Kier molecular flexibility index (Phi) is 2.10. The van der Waals surface area contributed by atoms with Gasteiger partial charge >= 0.3 is 0 Å². The molecule has 0 bridgehead atoms. The van der Waals surface area contributed by atoms with Gasteiger partial charge in [-0.15, -0.1) is 0 Å². The number of nitrogens with zero attached hydrogens (tertiary/aromatic N) is 1. The van der Waals surface area contributed by atoms with Crippen LogP contribution in [0.1, 0.15) is 17.5 Å². The van der Waals surface area contributed by atoms with E-state index in [1.54, 1.807) is 0 Å². The van der Waals surface area contributed by atoms with E-state index in [9.17, 15) is 0 Å². The molecule has 2 aliphatic heterocycles. The molecule has 2 aromatic carbocycles. The smallest absolute Gasteiger partial charge is 0.0646 e. The predicted molar refractivity (Wildman–Crippen MR) is 75.5 cm³/mol. The van der Waals surface area contributed by atoms with E-state index in [1.807, 2.05) is 0 Å². The normalized spacial score (nSPS) is 16.3. The van der Waals surface area contributed by atoms with Gasteiger partial charge in [-0.2, -0.15) is 0 Å². The maximum absolute atomic E-state index is 3.56. The number of anilines is 3. The summed E-state index contributed by atoms with van der Waals surface area (Å²) >= 11 is 0. The van der Waals surface area contributed by atoms with E-state index < -0.39 is 0 Å². The van der Waals surface area contributed by atoms with Crippen molar-refractivity contribution in [2.75, 3.05) is 16.8 Å². The van der Waals surface area contributed by atoms with Gasteiger partial charge in [0.05, 0.1) is 11.4 Å². The largest absolute Gasteiger partial charge is 0.379 e. The zero-order valence-corrected chi connectivity index (χ0v) is 10.3. The molecule has 1 N–H and O–H groups in total. The first kappa shape index (κ1) is 10.0. The molecule has 90 valence electrons. The van der Waals surface area contributed by atoms with Crippen LogP contribution in [0.3, 0.4) is 0 Å². The van der Waals surface area contributed by atoms with Gasteiger partial charge in [0.25, 0.3) is 0 Å². The summed E-state index contributed by atoms with van der Waals surface area (Å²) in [5, 5.41) is 3.56. The number of nitrogens with one attached hydrogen (secondary N) is 1. The first-order valence-corrected chi connectivity index (χ1v) is 6.65. The minimum Gasteiger partial charge on any atom is -0.379 e. The molecule has 0 saturated carbocycles. The van der Waals surface area contributed by atoms with Crippen molar-refractivity contribution >= 4 is 17.1 Å². The summed E-state index contributed by atoms with van der Waals surface area (Å²) in [6.07, 6.45) is 2.45. The molecule has 0 fully saturated rings. The number of aryl methyl sites for hydroxylation is 1. The lowest BCUT2D eigenvalue weighted by Crippen LogP contribution is -2.25. The summed E-state index contributed by atoms with van der Waals surface area (Å²) in [4.78, 5) is 2.49. The molecule has 0 amide bonds. The summed E-state index contributed by atoms with van der Waals surface area (Å²) in [6.45, 7) is 2.05. The Hall–Kier alpha value is -1.96. The van der Waals surface area contributed by atoms with Crippen molar-refractivity contribution in [2.24, 2.45) is 0 Å². The topological polar surface area (TPSA) is 15.3 Å². The Morgan fingerprint density at radius 3 is 2.83 bits per heavy atom. The predicted octanol–water partition coefficient (Wildman–Crippen LogP) is 3.70. The molecule has 0 aliphatic carbocycles. The summed E-state index contributed by atoms with van der Waals surface area (Å²) in [6, 6.07) is 15.3. The quantitative estimate of drug-likeness (QED) is 0.750. The fourth-order valence-corrected chi connectivity index (χ4v) is 3.16. The highest BCUT2D eigenvalue weighted by Gasteiger charge is 2.25. The van der Waals surface area contributed by atoms with E-state index in [0.29, 0.717) is 0 Å². The molecule has 0 unspecified atom stereocenters. The number of benzene rings is 2. The lowest BCUT2D eigenvalue weighted by atomic mass is 9.97. The molecule has 0 radical (unpaired) electrons. The first-order chi connectivity index (χ1) is 8.93. The summed E-state index contributed by atoms with van der Waals surface area (Å²) in [5.41, 5.74) is 6.94. The van der Waals surface area contributed by atoms with Crippen molar-refractivity contribution in [3.05, 3.63) is 53.6 Å². The van der Waals surface area contributed by atoms with Crippen LogP contribution in [0.5, 0.6) is 0 Å². The average Bonchev–Trinajstić information content (AvgIpc) is 2.60. The minimum absolute atomic E-state index is 0.927. The summed E-state index contributed by atoms with van der Waals surface area (Å²) in [5.74, 6) is 0. The Bertz CT molecular complexity index is 604. The van der Waals surface area contributed by atoms with Gasteiger partial charge in [0.2, 0.25) is 0 Å². The molecular formula is C16H16N2. The van der Waals surface area contributed by atoms with Crippen LogP contribution in [0, 0.1) is 0 Å². The minimum atomic E-state index is 0.927. The van der Waals surface area contributed by atoms with Gasteiger partial charge < -0.3 is 10.2 Å². The van der Waals surface area contributed by atoms with Gasteiger partial charge in [-0.05, 0) is 36.1 Å². The zero-order chi connectivity index (χ0) is 11.9. The second-order valence-electron chi connectivity index (χ2n) is 5.05. The molecule has 2 heterocycles. The Morgan fingerprint density at radius 2 is 1.83 bits per heavy atom. The third-order valence-electron chi connectivity index (χ3n) is 3.97. The molecular weight excluding hydrogens is 220 g/mol. The summed E-state index contributed by atoms with van der Waals surface area (Å²) < 4.78 is 0. The van der Waals surface area contributed by atoms with Crippen molar-refractivity contribution in [3.63, 3.8) is 0 Å². The molecule has 2 aliphatic rings. The van der Waals surface area contributed by atoms with Crippen LogP contribution in [-0.4, -0.2) is 6.54 Å². The monoisotopic (exact) mass is 236 g/mol. The van der Waals surface area contributed by atoms with Gasteiger partial charge in [0.1, 0.15) is 0 Å². The first-order valence-electron chi connectivity index (χ1n) is 6.65. The zero-order valence-electron chi connectivity index (χ0n) is 10.3. The fourth-order valence-electron chi connectivity index (χ4n) is 3.16. The molecule has 0 saturated heterocycles. The van der Waals surface area contributed by atoms with Crippen molar-refractivity contribution in [1.29, 1.82) is 0 Å². The van der Waals surface area contributed by atoms with Crippen molar-refractivity contribution in [3.8, 4) is 0 Å². The molecule has 4 rings (SSSR count). The number of fused-ring (bicyclic) bond motifs is 2. The van der Waals surface area contributed by atoms with E-state index in [-0.39, 0.29) is 0 Å². The number of rotatable bonds is 0. The van der Waals surface area contributed by atoms with E-state index in [2.05, 4.69) is 52.7 Å². The molecule has 2 aromatic rings. The van der Waals surface area contributed by atoms with Crippen LogP contribution in [0.2, 0.25) is 0 Å². The van der Waals surface area contributed by atoms with E-state index in [4.69, 9.17) is 0 Å². The van der Waals surface area contributed by atoms with Gasteiger partial charge in [-0.1, -0.05) is 30.3 Å².